The molecule has 17 heavy (non-hydrogen) atoms. The number of aromatic nitrogens is 1. The molecule has 6 heteroatoms. The van der Waals surface area contributed by atoms with Crippen molar-refractivity contribution in [2.24, 2.45) is 0 Å². The van der Waals surface area contributed by atoms with Gasteiger partial charge in [-0.3, -0.25) is 15.0 Å². The van der Waals surface area contributed by atoms with E-state index in [9.17, 15) is 15.3 Å². The van der Waals surface area contributed by atoms with Gasteiger partial charge in [0.2, 0.25) is 0 Å². The summed E-state index contributed by atoms with van der Waals surface area (Å²) in [6.45, 7) is 7.35. The molecule has 94 valence electrons. The van der Waals surface area contributed by atoms with Crippen molar-refractivity contribution in [3.63, 3.8) is 0 Å². The zero-order valence-corrected chi connectivity index (χ0v) is 10.7. The fourth-order valence-electron chi connectivity index (χ4n) is 1.37. The van der Waals surface area contributed by atoms with Gasteiger partial charge in [0.1, 0.15) is 11.8 Å². The average Bonchev–Trinajstić information content (AvgIpc) is 2.19. The zero-order chi connectivity index (χ0) is 13.4. The van der Waals surface area contributed by atoms with Gasteiger partial charge in [-0.05, 0) is 27.7 Å². The molecule has 1 rings (SSSR count). The molecule has 0 aliphatic rings. The summed E-state index contributed by atoms with van der Waals surface area (Å²) in [4.78, 5) is 12.0. The molecule has 0 saturated heterocycles. The van der Waals surface area contributed by atoms with Crippen LogP contribution in [0.25, 0.3) is 0 Å². The number of hydrogen-bond acceptors (Lipinski definition) is 4. The monoisotopic (exact) mass is 239 g/mol. The minimum Gasteiger partial charge on any atom is -0.710 e. The third-order valence-corrected chi connectivity index (χ3v) is 2.72. The number of nitro groups is 1. The number of hydrogen-bond donors (Lipinski definition) is 0. The van der Waals surface area contributed by atoms with Crippen molar-refractivity contribution < 1.29 is 9.65 Å². The van der Waals surface area contributed by atoms with Crippen LogP contribution in [0.5, 0.6) is 0 Å². The van der Waals surface area contributed by atoms with E-state index < -0.39 is 4.92 Å². The molecule has 0 N–H and O–H groups in total. The van der Waals surface area contributed by atoms with E-state index >= 15 is 0 Å². The van der Waals surface area contributed by atoms with Crippen LogP contribution >= 0.6 is 0 Å². The smallest absolute Gasteiger partial charge is 0.286 e. The van der Waals surface area contributed by atoms with Crippen molar-refractivity contribution in [2.75, 3.05) is 11.9 Å². The summed E-state index contributed by atoms with van der Waals surface area (Å²) in [7, 11) is 1.74. The molecule has 6 nitrogen and oxygen atoms in total. The highest BCUT2D eigenvalue weighted by Gasteiger charge is 2.28. The van der Waals surface area contributed by atoms with Gasteiger partial charge in [-0.25, -0.2) is 4.73 Å². The number of rotatable bonds is 2. The maximum Gasteiger partial charge on any atom is 0.286 e. The second-order valence-corrected chi connectivity index (χ2v) is 4.99. The van der Waals surface area contributed by atoms with Gasteiger partial charge in [0, 0.05) is 0 Å². The molecule has 0 saturated carbocycles. The molecule has 0 aromatic carbocycles. The number of aryl methyl sites for hydroxylation is 1. The van der Waals surface area contributed by atoms with Crippen LogP contribution in [0.3, 0.4) is 0 Å². The number of pyridine rings is 1. The van der Waals surface area contributed by atoms with Crippen LogP contribution in [0.2, 0.25) is 0 Å². The quantitative estimate of drug-likeness (QED) is 0.341. The molecule has 0 aliphatic carbocycles. The maximum atomic E-state index is 11.9. The molecule has 1 heterocycles. The van der Waals surface area contributed by atoms with Crippen LogP contribution in [0.4, 0.5) is 11.5 Å². The van der Waals surface area contributed by atoms with E-state index in [1.54, 1.807) is 18.9 Å². The zero-order valence-electron chi connectivity index (χ0n) is 10.7. The van der Waals surface area contributed by atoms with E-state index in [0.717, 1.165) is 0 Å². The van der Waals surface area contributed by atoms with Crippen molar-refractivity contribution in [3.8, 4) is 0 Å². The molecule has 0 atom stereocenters. The first kappa shape index (κ1) is 13.2. The SMILES string of the molecule is Cc1cc([N+](=O)[O-])cc(N(C)C(C)(C)C)[n+]1[O-]. The van der Waals surface area contributed by atoms with Crippen molar-refractivity contribution in [1.29, 1.82) is 0 Å². The molecule has 0 radical (unpaired) electrons. The van der Waals surface area contributed by atoms with Gasteiger partial charge in [0.25, 0.3) is 11.5 Å². The minimum absolute atomic E-state index is 0.0688. The van der Waals surface area contributed by atoms with E-state index in [4.69, 9.17) is 0 Å². The van der Waals surface area contributed by atoms with Gasteiger partial charge in [-0.15, -0.1) is 0 Å². The topological polar surface area (TPSA) is 73.3 Å². The van der Waals surface area contributed by atoms with E-state index in [2.05, 4.69) is 0 Å². The number of anilines is 1. The van der Waals surface area contributed by atoms with Gasteiger partial charge < -0.3 is 5.21 Å². The molecule has 0 spiro atoms. The second-order valence-electron chi connectivity index (χ2n) is 4.99. The van der Waals surface area contributed by atoms with Gasteiger partial charge in [0.05, 0.1) is 23.6 Å². The van der Waals surface area contributed by atoms with Gasteiger partial charge in [-0.1, -0.05) is 0 Å². The first-order valence-corrected chi connectivity index (χ1v) is 5.27. The second kappa shape index (κ2) is 4.20. The summed E-state index contributed by atoms with van der Waals surface area (Å²) >= 11 is 0. The summed E-state index contributed by atoms with van der Waals surface area (Å²) in [6.07, 6.45) is 0. The fraction of sp³-hybridized carbons (Fsp3) is 0.545. The molecule has 1 aromatic heterocycles. The summed E-state index contributed by atoms with van der Waals surface area (Å²) in [5.74, 6) is 0.282. The Morgan fingerprint density at radius 2 is 1.88 bits per heavy atom. The Labute approximate surface area is 100 Å². The average molecular weight is 239 g/mol. The van der Waals surface area contributed by atoms with Crippen molar-refractivity contribution in [3.05, 3.63) is 33.1 Å². The molecular formula is C11H17N3O3. The standard InChI is InChI=1S/C11H17N3O3/c1-8-6-9(14(16)17)7-10(13(8)15)12(5)11(2,3)4/h6-7H,1-5H3. The Balaban J connectivity index is 3.37. The van der Waals surface area contributed by atoms with Crippen LogP contribution in [0.1, 0.15) is 26.5 Å². The van der Waals surface area contributed by atoms with Gasteiger partial charge in [0.15, 0.2) is 0 Å². The van der Waals surface area contributed by atoms with E-state index in [-0.39, 0.29) is 17.0 Å². The van der Waals surface area contributed by atoms with E-state index in [1.807, 2.05) is 20.8 Å². The number of nitrogens with zero attached hydrogens (tertiary/aromatic N) is 3. The highest BCUT2D eigenvalue weighted by Crippen LogP contribution is 2.23. The summed E-state index contributed by atoms with van der Waals surface area (Å²) in [5.41, 5.74) is -0.0422. The summed E-state index contributed by atoms with van der Waals surface area (Å²) in [6, 6.07) is 2.57. The lowest BCUT2D eigenvalue weighted by molar-refractivity contribution is -0.600. The van der Waals surface area contributed by atoms with Gasteiger partial charge >= 0.3 is 0 Å². The van der Waals surface area contributed by atoms with Crippen LogP contribution in [-0.2, 0) is 0 Å². The Morgan fingerprint density at radius 3 is 2.29 bits per heavy atom. The predicted molar refractivity (Wildman–Crippen MR) is 64.9 cm³/mol. The van der Waals surface area contributed by atoms with Crippen LogP contribution in [0, 0.1) is 22.2 Å². The molecule has 1 aromatic rings. The predicted octanol–water partition coefficient (Wildman–Crippen LogP) is 1.77. The third-order valence-electron chi connectivity index (χ3n) is 2.72. The Bertz CT molecular complexity index is 452. The lowest BCUT2D eigenvalue weighted by Gasteiger charge is -2.28. The molecular weight excluding hydrogens is 222 g/mol. The molecule has 0 amide bonds. The van der Waals surface area contributed by atoms with Crippen LogP contribution < -0.4 is 9.63 Å². The van der Waals surface area contributed by atoms with E-state index in [0.29, 0.717) is 10.4 Å². The first-order valence-electron chi connectivity index (χ1n) is 5.27. The molecule has 0 aliphatic heterocycles. The van der Waals surface area contributed by atoms with Crippen LogP contribution in [0.15, 0.2) is 12.1 Å². The fourth-order valence-corrected chi connectivity index (χ4v) is 1.37. The molecule has 0 unspecified atom stereocenters. The largest absolute Gasteiger partial charge is 0.710 e. The maximum absolute atomic E-state index is 11.9. The van der Waals surface area contributed by atoms with Gasteiger partial charge in [-0.2, -0.15) is 0 Å². The summed E-state index contributed by atoms with van der Waals surface area (Å²) in [5, 5.41) is 22.6. The lowest BCUT2D eigenvalue weighted by atomic mass is 10.1. The molecule has 0 fully saturated rings. The highest BCUT2D eigenvalue weighted by atomic mass is 16.6. The Kier molecular flexibility index (Phi) is 3.26. The van der Waals surface area contributed by atoms with Crippen molar-refractivity contribution >= 4 is 11.5 Å². The Morgan fingerprint density at radius 1 is 1.35 bits per heavy atom. The minimum atomic E-state index is -0.493. The molecule has 0 bridgehead atoms. The van der Waals surface area contributed by atoms with Crippen molar-refractivity contribution in [2.45, 2.75) is 33.2 Å². The highest BCUT2D eigenvalue weighted by molar-refractivity contribution is 5.45. The van der Waals surface area contributed by atoms with Crippen LogP contribution in [-0.4, -0.2) is 17.5 Å². The van der Waals surface area contributed by atoms with E-state index in [1.165, 1.54) is 12.1 Å². The summed E-state index contributed by atoms with van der Waals surface area (Å²) < 4.78 is 0.707. The van der Waals surface area contributed by atoms with Crippen molar-refractivity contribution in [1.82, 2.24) is 0 Å². The Hall–Kier alpha value is -1.85. The lowest BCUT2D eigenvalue weighted by Crippen LogP contribution is -2.46. The third kappa shape index (κ3) is 2.64. The normalized spacial score (nSPS) is 11.4. The first-order chi connectivity index (χ1) is 7.64.